The molecule has 0 radical (unpaired) electrons. The lowest BCUT2D eigenvalue weighted by Crippen LogP contribution is -2.52. The van der Waals surface area contributed by atoms with Gasteiger partial charge in [-0.05, 0) is 37.3 Å². The zero-order valence-electron chi connectivity index (χ0n) is 15.1. The number of carbonyl (C=O) groups excluding carboxylic acids is 2. The van der Waals surface area contributed by atoms with E-state index in [2.05, 4.69) is 5.32 Å². The predicted molar refractivity (Wildman–Crippen MR) is 94.3 cm³/mol. The normalized spacial score (nSPS) is 19.9. The first kappa shape index (κ1) is 20.4. The number of nitrogens with zero attached hydrogens (tertiary/aromatic N) is 1. The standard InChI is InChI=1S/C18H26N2O5S/c1-13(2)11-16(18(22)23)19-17(21)14-7-6-10-20(12-14)26(24,25)15-8-4-3-5-9-15/h3-5,8-9,13-14,16H,6-7,10-12H2,1-2H3,(H,19,21)(H,22,23)/p-1/t14-,16+/m1/s1. The van der Waals surface area contributed by atoms with Gasteiger partial charge in [0.05, 0.1) is 22.8 Å². The topological polar surface area (TPSA) is 107 Å². The Balaban J connectivity index is 2.07. The minimum absolute atomic E-state index is 0.0461. The molecular weight excluding hydrogens is 356 g/mol. The molecule has 0 spiro atoms. The van der Waals surface area contributed by atoms with E-state index in [4.69, 9.17) is 0 Å². The number of benzene rings is 1. The third-order valence-electron chi connectivity index (χ3n) is 4.44. The molecule has 0 bridgehead atoms. The maximum absolute atomic E-state index is 12.7. The van der Waals surface area contributed by atoms with Gasteiger partial charge in [0.2, 0.25) is 15.9 Å². The summed E-state index contributed by atoms with van der Waals surface area (Å²) in [5, 5.41) is 13.7. The molecule has 1 aromatic rings. The van der Waals surface area contributed by atoms with Gasteiger partial charge < -0.3 is 15.2 Å². The van der Waals surface area contributed by atoms with Gasteiger partial charge in [-0.1, -0.05) is 32.0 Å². The number of carbonyl (C=O) groups is 2. The maximum atomic E-state index is 12.7. The van der Waals surface area contributed by atoms with Crippen LogP contribution in [0, 0.1) is 11.8 Å². The molecule has 0 aliphatic carbocycles. The summed E-state index contributed by atoms with van der Waals surface area (Å²) < 4.78 is 26.7. The molecule has 2 rings (SSSR count). The Morgan fingerprint density at radius 3 is 2.50 bits per heavy atom. The summed E-state index contributed by atoms with van der Waals surface area (Å²) in [6.07, 6.45) is 1.34. The number of nitrogens with one attached hydrogen (secondary N) is 1. The van der Waals surface area contributed by atoms with Crippen molar-refractivity contribution in [2.45, 2.75) is 44.0 Å². The van der Waals surface area contributed by atoms with Crippen molar-refractivity contribution >= 4 is 21.9 Å². The van der Waals surface area contributed by atoms with E-state index >= 15 is 0 Å². The molecule has 0 aromatic heterocycles. The minimum atomic E-state index is -3.67. The molecule has 1 N–H and O–H groups in total. The summed E-state index contributed by atoms with van der Waals surface area (Å²) >= 11 is 0. The highest BCUT2D eigenvalue weighted by Gasteiger charge is 2.34. The van der Waals surface area contributed by atoms with Crippen molar-refractivity contribution in [3.63, 3.8) is 0 Å². The molecular formula is C18H25N2O5S-. The highest BCUT2D eigenvalue weighted by Crippen LogP contribution is 2.24. The zero-order chi connectivity index (χ0) is 19.3. The lowest BCUT2D eigenvalue weighted by Gasteiger charge is -2.32. The molecule has 1 heterocycles. The number of hydrogen-bond donors (Lipinski definition) is 1. The molecule has 0 unspecified atom stereocenters. The fourth-order valence-corrected chi connectivity index (χ4v) is 4.64. The zero-order valence-corrected chi connectivity index (χ0v) is 15.9. The van der Waals surface area contributed by atoms with Crippen molar-refractivity contribution in [1.29, 1.82) is 0 Å². The quantitative estimate of drug-likeness (QED) is 0.734. The molecule has 1 aliphatic heterocycles. The van der Waals surface area contributed by atoms with Crippen molar-refractivity contribution in [2.75, 3.05) is 13.1 Å². The number of piperidine rings is 1. The summed E-state index contributed by atoms with van der Waals surface area (Å²) in [6.45, 7) is 4.11. The van der Waals surface area contributed by atoms with E-state index < -0.39 is 33.9 Å². The van der Waals surface area contributed by atoms with E-state index in [-0.39, 0.29) is 23.8 Å². The van der Waals surface area contributed by atoms with Gasteiger partial charge in [0.25, 0.3) is 0 Å². The van der Waals surface area contributed by atoms with Crippen molar-refractivity contribution < 1.29 is 23.1 Å². The summed E-state index contributed by atoms with van der Waals surface area (Å²) in [7, 11) is -3.67. The average molecular weight is 381 g/mol. The first-order chi connectivity index (χ1) is 12.2. The number of hydrogen-bond acceptors (Lipinski definition) is 5. The summed E-state index contributed by atoms with van der Waals surface area (Å²) in [4.78, 5) is 23.9. The number of amides is 1. The molecule has 1 amide bonds. The van der Waals surface area contributed by atoms with Crippen LogP contribution >= 0.6 is 0 Å². The molecule has 0 saturated carbocycles. The van der Waals surface area contributed by atoms with E-state index in [0.29, 0.717) is 19.4 Å². The Morgan fingerprint density at radius 2 is 1.92 bits per heavy atom. The molecule has 8 heteroatoms. The number of sulfonamides is 1. The third kappa shape index (κ3) is 5.04. The van der Waals surface area contributed by atoms with Crippen LogP contribution < -0.4 is 10.4 Å². The van der Waals surface area contributed by atoms with Gasteiger partial charge in [0, 0.05) is 13.1 Å². The van der Waals surface area contributed by atoms with Gasteiger partial charge in [0.15, 0.2) is 0 Å². The molecule has 144 valence electrons. The Hall–Kier alpha value is -1.93. The Kier molecular flexibility index (Phi) is 6.77. The van der Waals surface area contributed by atoms with Crippen LogP contribution in [0.1, 0.15) is 33.1 Å². The second kappa shape index (κ2) is 8.64. The largest absolute Gasteiger partial charge is 0.548 e. The van der Waals surface area contributed by atoms with Crippen LogP contribution in [0.4, 0.5) is 0 Å². The van der Waals surface area contributed by atoms with Gasteiger partial charge in [-0.25, -0.2) is 8.42 Å². The Bertz CT molecular complexity index is 733. The smallest absolute Gasteiger partial charge is 0.243 e. The predicted octanol–water partition coefficient (Wildman–Crippen LogP) is 0.368. The van der Waals surface area contributed by atoms with Crippen LogP contribution in [-0.4, -0.2) is 43.7 Å². The van der Waals surface area contributed by atoms with Crippen molar-refractivity contribution in [2.24, 2.45) is 11.8 Å². The molecule has 1 saturated heterocycles. The molecule has 2 atom stereocenters. The number of rotatable bonds is 7. The van der Waals surface area contributed by atoms with Gasteiger partial charge in [-0.15, -0.1) is 0 Å². The highest BCUT2D eigenvalue weighted by molar-refractivity contribution is 7.89. The van der Waals surface area contributed by atoms with E-state index in [0.717, 1.165) is 0 Å². The average Bonchev–Trinajstić information content (AvgIpc) is 2.61. The van der Waals surface area contributed by atoms with Crippen LogP contribution in [-0.2, 0) is 19.6 Å². The van der Waals surface area contributed by atoms with Gasteiger partial charge in [0.1, 0.15) is 0 Å². The van der Waals surface area contributed by atoms with Crippen molar-refractivity contribution in [1.82, 2.24) is 9.62 Å². The van der Waals surface area contributed by atoms with E-state index in [9.17, 15) is 23.1 Å². The third-order valence-corrected chi connectivity index (χ3v) is 6.32. The second-order valence-electron chi connectivity index (χ2n) is 7.03. The molecule has 7 nitrogen and oxygen atoms in total. The first-order valence-electron chi connectivity index (χ1n) is 8.78. The fraction of sp³-hybridized carbons (Fsp3) is 0.556. The summed E-state index contributed by atoms with van der Waals surface area (Å²) in [5.74, 6) is -2.25. The van der Waals surface area contributed by atoms with Crippen LogP contribution in [0.3, 0.4) is 0 Å². The van der Waals surface area contributed by atoms with Crippen LogP contribution in [0.5, 0.6) is 0 Å². The van der Waals surface area contributed by atoms with Crippen molar-refractivity contribution in [3.05, 3.63) is 30.3 Å². The Labute approximate surface area is 154 Å². The lowest BCUT2D eigenvalue weighted by molar-refractivity contribution is -0.308. The van der Waals surface area contributed by atoms with Gasteiger partial charge in [-0.3, -0.25) is 4.79 Å². The van der Waals surface area contributed by atoms with Gasteiger partial charge in [-0.2, -0.15) is 4.31 Å². The highest BCUT2D eigenvalue weighted by atomic mass is 32.2. The van der Waals surface area contributed by atoms with E-state index in [1.54, 1.807) is 18.2 Å². The van der Waals surface area contributed by atoms with Crippen LogP contribution in [0.25, 0.3) is 0 Å². The first-order valence-corrected chi connectivity index (χ1v) is 10.2. The monoisotopic (exact) mass is 381 g/mol. The van der Waals surface area contributed by atoms with Crippen LogP contribution in [0.2, 0.25) is 0 Å². The molecule has 1 aliphatic rings. The molecule has 1 fully saturated rings. The lowest BCUT2D eigenvalue weighted by atomic mass is 9.97. The molecule has 26 heavy (non-hydrogen) atoms. The van der Waals surface area contributed by atoms with E-state index in [1.807, 2.05) is 13.8 Å². The minimum Gasteiger partial charge on any atom is -0.548 e. The maximum Gasteiger partial charge on any atom is 0.243 e. The number of carboxylic acids is 1. The SMILES string of the molecule is CC(C)C[C@H](NC(=O)[C@@H]1CCCN(S(=O)(=O)c2ccccc2)C1)C(=O)[O-]. The second-order valence-corrected chi connectivity index (χ2v) is 8.96. The number of aliphatic carboxylic acids is 1. The number of carboxylic acid groups (broad SMARTS) is 1. The van der Waals surface area contributed by atoms with Crippen molar-refractivity contribution in [3.8, 4) is 0 Å². The molecule has 1 aromatic carbocycles. The Morgan fingerprint density at radius 1 is 1.27 bits per heavy atom. The van der Waals surface area contributed by atoms with Crippen LogP contribution in [0.15, 0.2) is 35.2 Å². The fourth-order valence-electron chi connectivity index (χ4n) is 3.09. The van der Waals surface area contributed by atoms with Gasteiger partial charge >= 0.3 is 0 Å². The van der Waals surface area contributed by atoms with E-state index in [1.165, 1.54) is 16.4 Å². The summed E-state index contributed by atoms with van der Waals surface area (Å²) in [6, 6.07) is 7.01. The summed E-state index contributed by atoms with van der Waals surface area (Å²) in [5.41, 5.74) is 0.